The molecule has 0 aliphatic carbocycles. The monoisotopic (exact) mass is 366 g/mol. The SMILES string of the molecule is Cn1nc(C(=O)NCc2ccccc2F)cc1NC(=O)Cc1ccccc1. The number of nitrogens with one attached hydrogen (secondary N) is 2. The summed E-state index contributed by atoms with van der Waals surface area (Å²) in [6.07, 6.45) is 0.223. The molecule has 6 nitrogen and oxygen atoms in total. The summed E-state index contributed by atoms with van der Waals surface area (Å²) in [7, 11) is 1.63. The third kappa shape index (κ3) is 4.78. The molecule has 0 bridgehead atoms. The number of halogens is 1. The van der Waals surface area contributed by atoms with Gasteiger partial charge in [-0.1, -0.05) is 48.5 Å². The molecule has 0 saturated heterocycles. The van der Waals surface area contributed by atoms with Gasteiger partial charge in [0.15, 0.2) is 5.69 Å². The number of amides is 2. The zero-order chi connectivity index (χ0) is 19.2. The third-order valence-electron chi connectivity index (χ3n) is 3.98. The van der Waals surface area contributed by atoms with E-state index in [-0.39, 0.29) is 30.4 Å². The smallest absolute Gasteiger partial charge is 0.272 e. The van der Waals surface area contributed by atoms with E-state index >= 15 is 0 Å². The van der Waals surface area contributed by atoms with Crippen LogP contribution in [0.4, 0.5) is 10.2 Å². The highest BCUT2D eigenvalue weighted by Crippen LogP contribution is 2.11. The van der Waals surface area contributed by atoms with E-state index in [1.165, 1.54) is 16.8 Å². The van der Waals surface area contributed by atoms with E-state index in [4.69, 9.17) is 0 Å². The lowest BCUT2D eigenvalue weighted by Gasteiger charge is -2.04. The molecule has 27 heavy (non-hydrogen) atoms. The van der Waals surface area contributed by atoms with Crippen LogP contribution in [0, 0.1) is 5.82 Å². The van der Waals surface area contributed by atoms with Gasteiger partial charge in [-0.25, -0.2) is 4.39 Å². The van der Waals surface area contributed by atoms with Gasteiger partial charge in [-0.3, -0.25) is 14.3 Å². The molecule has 0 saturated carbocycles. The number of carbonyl (C=O) groups excluding carboxylic acids is 2. The zero-order valence-electron chi connectivity index (χ0n) is 14.8. The van der Waals surface area contributed by atoms with Gasteiger partial charge in [-0.2, -0.15) is 5.10 Å². The lowest BCUT2D eigenvalue weighted by molar-refractivity contribution is -0.115. The summed E-state index contributed by atoms with van der Waals surface area (Å²) in [4.78, 5) is 24.4. The van der Waals surface area contributed by atoms with Crippen molar-refractivity contribution in [3.8, 4) is 0 Å². The van der Waals surface area contributed by atoms with Crippen molar-refractivity contribution in [3.63, 3.8) is 0 Å². The van der Waals surface area contributed by atoms with Crippen molar-refractivity contribution in [1.82, 2.24) is 15.1 Å². The fourth-order valence-corrected chi connectivity index (χ4v) is 2.57. The third-order valence-corrected chi connectivity index (χ3v) is 3.98. The number of rotatable bonds is 6. The van der Waals surface area contributed by atoms with Crippen molar-refractivity contribution >= 4 is 17.6 Å². The minimum Gasteiger partial charge on any atom is -0.346 e. The Kier molecular flexibility index (Phi) is 5.61. The van der Waals surface area contributed by atoms with E-state index in [0.29, 0.717) is 11.4 Å². The molecule has 0 aliphatic heterocycles. The van der Waals surface area contributed by atoms with Crippen LogP contribution >= 0.6 is 0 Å². The Morgan fingerprint density at radius 1 is 1.07 bits per heavy atom. The fraction of sp³-hybridized carbons (Fsp3) is 0.150. The van der Waals surface area contributed by atoms with Crippen molar-refractivity contribution in [2.45, 2.75) is 13.0 Å². The molecular formula is C20H19FN4O2. The van der Waals surface area contributed by atoms with Gasteiger partial charge in [0.2, 0.25) is 5.91 Å². The maximum Gasteiger partial charge on any atom is 0.272 e. The Labute approximate surface area is 156 Å². The average Bonchev–Trinajstić information content (AvgIpc) is 3.02. The van der Waals surface area contributed by atoms with Crippen molar-refractivity contribution in [3.05, 3.63) is 83.3 Å². The Hall–Kier alpha value is -3.48. The number of nitrogens with zero attached hydrogens (tertiary/aromatic N) is 2. The van der Waals surface area contributed by atoms with Crippen LogP contribution in [0.1, 0.15) is 21.6 Å². The first-order valence-electron chi connectivity index (χ1n) is 8.42. The Morgan fingerprint density at radius 3 is 2.52 bits per heavy atom. The van der Waals surface area contributed by atoms with Gasteiger partial charge in [0.25, 0.3) is 5.91 Å². The van der Waals surface area contributed by atoms with E-state index < -0.39 is 5.91 Å². The van der Waals surface area contributed by atoms with Gasteiger partial charge >= 0.3 is 0 Å². The van der Waals surface area contributed by atoms with Gasteiger partial charge in [0.05, 0.1) is 6.42 Å². The standard InChI is InChI=1S/C20H19FN4O2/c1-25-18(23-19(26)11-14-7-3-2-4-8-14)12-17(24-25)20(27)22-13-15-9-5-6-10-16(15)21/h2-10,12H,11,13H2,1H3,(H,22,27)(H,23,26). The molecule has 0 spiro atoms. The molecule has 0 atom stereocenters. The van der Waals surface area contributed by atoms with Gasteiger partial charge in [-0.15, -0.1) is 0 Å². The van der Waals surface area contributed by atoms with Crippen LogP contribution in [0.2, 0.25) is 0 Å². The van der Waals surface area contributed by atoms with Crippen molar-refractivity contribution in [2.24, 2.45) is 7.05 Å². The summed E-state index contributed by atoms with van der Waals surface area (Å²) >= 11 is 0. The molecule has 0 aliphatic rings. The Morgan fingerprint density at radius 2 is 1.78 bits per heavy atom. The predicted octanol–water partition coefficient (Wildman–Crippen LogP) is 2.67. The normalized spacial score (nSPS) is 10.4. The molecular weight excluding hydrogens is 347 g/mol. The highest BCUT2D eigenvalue weighted by molar-refractivity contribution is 5.95. The molecule has 1 heterocycles. The second-order valence-corrected chi connectivity index (χ2v) is 6.02. The van der Waals surface area contributed by atoms with Crippen molar-refractivity contribution in [2.75, 3.05) is 5.32 Å². The van der Waals surface area contributed by atoms with E-state index in [1.807, 2.05) is 30.3 Å². The first-order valence-corrected chi connectivity index (χ1v) is 8.42. The number of anilines is 1. The number of benzene rings is 2. The van der Waals surface area contributed by atoms with Crippen molar-refractivity contribution < 1.29 is 14.0 Å². The van der Waals surface area contributed by atoms with Crippen LogP contribution in [-0.2, 0) is 24.8 Å². The molecule has 3 aromatic rings. The van der Waals surface area contributed by atoms with Crippen LogP contribution in [0.15, 0.2) is 60.7 Å². The number of carbonyl (C=O) groups is 2. The molecule has 3 rings (SSSR count). The van der Waals surface area contributed by atoms with Gasteiger partial charge in [0, 0.05) is 25.2 Å². The lowest BCUT2D eigenvalue weighted by atomic mass is 10.1. The van der Waals surface area contributed by atoms with Crippen LogP contribution < -0.4 is 10.6 Å². The minimum atomic E-state index is -0.447. The molecule has 2 aromatic carbocycles. The highest BCUT2D eigenvalue weighted by atomic mass is 19.1. The number of aryl methyl sites for hydroxylation is 1. The molecule has 1 aromatic heterocycles. The van der Waals surface area contributed by atoms with E-state index in [9.17, 15) is 14.0 Å². The van der Waals surface area contributed by atoms with E-state index in [1.54, 1.807) is 25.2 Å². The summed E-state index contributed by atoms with van der Waals surface area (Å²) in [5, 5.41) is 9.46. The van der Waals surface area contributed by atoms with Crippen molar-refractivity contribution in [1.29, 1.82) is 0 Å². The maximum absolute atomic E-state index is 13.6. The largest absolute Gasteiger partial charge is 0.346 e. The lowest BCUT2D eigenvalue weighted by Crippen LogP contribution is -2.23. The number of hydrogen-bond acceptors (Lipinski definition) is 3. The first-order chi connectivity index (χ1) is 13.0. The molecule has 0 unspecified atom stereocenters. The van der Waals surface area contributed by atoms with Gasteiger partial charge in [0.1, 0.15) is 11.6 Å². The maximum atomic E-state index is 13.6. The van der Waals surface area contributed by atoms with E-state index in [0.717, 1.165) is 5.56 Å². The topological polar surface area (TPSA) is 76.0 Å². The van der Waals surface area contributed by atoms with E-state index in [2.05, 4.69) is 15.7 Å². The second-order valence-electron chi connectivity index (χ2n) is 6.02. The van der Waals surface area contributed by atoms with Crippen LogP contribution in [-0.4, -0.2) is 21.6 Å². The first kappa shape index (κ1) is 18.3. The Bertz CT molecular complexity index is 954. The molecule has 0 fully saturated rings. The van der Waals surface area contributed by atoms with Crippen LogP contribution in [0.25, 0.3) is 0 Å². The van der Waals surface area contributed by atoms with Gasteiger partial charge < -0.3 is 10.6 Å². The zero-order valence-corrected chi connectivity index (χ0v) is 14.8. The number of hydrogen-bond donors (Lipinski definition) is 2. The quantitative estimate of drug-likeness (QED) is 0.704. The fourth-order valence-electron chi connectivity index (χ4n) is 2.57. The summed E-state index contributed by atoms with van der Waals surface area (Å²) in [6, 6.07) is 17.1. The average molecular weight is 366 g/mol. The molecule has 2 N–H and O–H groups in total. The molecule has 138 valence electrons. The summed E-state index contributed by atoms with van der Waals surface area (Å²) < 4.78 is 15.0. The molecule has 0 radical (unpaired) electrons. The summed E-state index contributed by atoms with van der Waals surface area (Å²) in [5.41, 5.74) is 1.42. The molecule has 7 heteroatoms. The van der Waals surface area contributed by atoms with Crippen LogP contribution in [0.3, 0.4) is 0 Å². The summed E-state index contributed by atoms with van der Waals surface area (Å²) in [5.74, 6) is -0.625. The summed E-state index contributed by atoms with van der Waals surface area (Å²) in [6.45, 7) is 0.0534. The highest BCUT2D eigenvalue weighted by Gasteiger charge is 2.15. The minimum absolute atomic E-state index is 0.0534. The number of aromatic nitrogens is 2. The molecule has 2 amide bonds. The van der Waals surface area contributed by atoms with Crippen LogP contribution in [0.5, 0.6) is 0 Å². The second kappa shape index (κ2) is 8.27. The predicted molar refractivity (Wildman–Crippen MR) is 99.6 cm³/mol. The van der Waals surface area contributed by atoms with Gasteiger partial charge in [-0.05, 0) is 11.6 Å². The Balaban J connectivity index is 1.60.